The van der Waals surface area contributed by atoms with Gasteiger partial charge in [0.15, 0.2) is 0 Å². The standard InChI is InChI=1S/C15H15FN6O3/c1-2-13(23)21-12-5-10(3-4-11(12)16)20-14(24)6-18-15(25)7-22-9-17-8-19-22/h2-5,8-9H,1,6-7H2,(H,18,25)(H,20,24)(H,21,23). The topological polar surface area (TPSA) is 118 Å². The molecule has 0 aliphatic heterocycles. The zero-order valence-corrected chi connectivity index (χ0v) is 13.0. The molecule has 0 saturated heterocycles. The van der Waals surface area contributed by atoms with Gasteiger partial charge in [0.25, 0.3) is 0 Å². The number of nitrogens with zero attached hydrogens (tertiary/aromatic N) is 3. The van der Waals surface area contributed by atoms with Crippen molar-refractivity contribution in [1.82, 2.24) is 20.1 Å². The Morgan fingerprint density at radius 3 is 2.72 bits per heavy atom. The number of amides is 3. The van der Waals surface area contributed by atoms with Gasteiger partial charge in [-0.05, 0) is 24.3 Å². The van der Waals surface area contributed by atoms with E-state index in [4.69, 9.17) is 0 Å². The molecule has 0 atom stereocenters. The van der Waals surface area contributed by atoms with Crippen molar-refractivity contribution >= 4 is 29.1 Å². The van der Waals surface area contributed by atoms with Crippen LogP contribution in [0.2, 0.25) is 0 Å². The van der Waals surface area contributed by atoms with Crippen LogP contribution in [0.25, 0.3) is 0 Å². The molecule has 0 saturated carbocycles. The molecule has 0 bridgehead atoms. The number of rotatable bonds is 7. The lowest BCUT2D eigenvalue weighted by Gasteiger charge is -2.09. The third-order valence-corrected chi connectivity index (χ3v) is 2.91. The van der Waals surface area contributed by atoms with Gasteiger partial charge in [0.05, 0.1) is 12.2 Å². The van der Waals surface area contributed by atoms with Crippen LogP contribution in [-0.4, -0.2) is 39.0 Å². The van der Waals surface area contributed by atoms with Crippen molar-refractivity contribution in [2.24, 2.45) is 0 Å². The van der Waals surface area contributed by atoms with Crippen molar-refractivity contribution in [3.8, 4) is 0 Å². The van der Waals surface area contributed by atoms with E-state index >= 15 is 0 Å². The third kappa shape index (κ3) is 5.53. The van der Waals surface area contributed by atoms with Crippen molar-refractivity contribution < 1.29 is 18.8 Å². The molecular weight excluding hydrogens is 331 g/mol. The van der Waals surface area contributed by atoms with Gasteiger partial charge in [-0.3, -0.25) is 14.4 Å². The molecule has 0 unspecified atom stereocenters. The number of carbonyl (C=O) groups is 3. The number of carbonyl (C=O) groups excluding carboxylic acids is 3. The summed E-state index contributed by atoms with van der Waals surface area (Å²) >= 11 is 0. The van der Waals surface area contributed by atoms with Gasteiger partial charge < -0.3 is 16.0 Å². The highest BCUT2D eigenvalue weighted by molar-refractivity contribution is 6.00. The molecule has 2 rings (SSSR count). The largest absolute Gasteiger partial charge is 0.345 e. The van der Waals surface area contributed by atoms with E-state index in [0.717, 1.165) is 12.1 Å². The van der Waals surface area contributed by atoms with Crippen LogP contribution in [0.4, 0.5) is 15.8 Å². The molecule has 130 valence electrons. The highest BCUT2D eigenvalue weighted by atomic mass is 19.1. The van der Waals surface area contributed by atoms with Crippen molar-refractivity contribution in [1.29, 1.82) is 0 Å². The van der Waals surface area contributed by atoms with Crippen LogP contribution in [0.3, 0.4) is 0 Å². The molecular formula is C15H15FN6O3. The Hall–Kier alpha value is -3.56. The SMILES string of the molecule is C=CC(=O)Nc1cc(NC(=O)CNC(=O)Cn2cncn2)ccc1F. The molecule has 3 amide bonds. The number of halogens is 1. The maximum atomic E-state index is 13.6. The molecule has 0 aliphatic rings. The van der Waals surface area contributed by atoms with Gasteiger partial charge in [-0.15, -0.1) is 0 Å². The molecule has 0 spiro atoms. The predicted molar refractivity (Wildman–Crippen MR) is 86.9 cm³/mol. The van der Waals surface area contributed by atoms with Crippen molar-refractivity contribution in [2.75, 3.05) is 17.2 Å². The summed E-state index contributed by atoms with van der Waals surface area (Å²) in [6.07, 6.45) is 3.66. The first-order valence-corrected chi connectivity index (χ1v) is 7.10. The highest BCUT2D eigenvalue weighted by Gasteiger charge is 2.10. The maximum absolute atomic E-state index is 13.6. The lowest BCUT2D eigenvalue weighted by atomic mass is 10.2. The fourth-order valence-corrected chi connectivity index (χ4v) is 1.78. The molecule has 0 radical (unpaired) electrons. The fraction of sp³-hybridized carbons (Fsp3) is 0.133. The minimum atomic E-state index is -0.658. The van der Waals surface area contributed by atoms with Gasteiger partial charge >= 0.3 is 0 Å². The molecule has 1 aromatic heterocycles. The summed E-state index contributed by atoms with van der Waals surface area (Å²) in [5.41, 5.74) is 0.161. The first-order chi connectivity index (χ1) is 12.0. The van der Waals surface area contributed by atoms with Crippen molar-refractivity contribution in [2.45, 2.75) is 6.54 Å². The van der Waals surface area contributed by atoms with E-state index in [9.17, 15) is 18.8 Å². The third-order valence-electron chi connectivity index (χ3n) is 2.91. The summed E-state index contributed by atoms with van der Waals surface area (Å²) in [7, 11) is 0. The highest BCUT2D eigenvalue weighted by Crippen LogP contribution is 2.19. The Kier molecular flexibility index (Phi) is 5.93. The normalized spacial score (nSPS) is 9.96. The summed E-state index contributed by atoms with van der Waals surface area (Å²) in [6.45, 7) is 2.92. The molecule has 1 aromatic carbocycles. The minimum absolute atomic E-state index is 0.0679. The number of aromatic nitrogens is 3. The lowest BCUT2D eigenvalue weighted by Crippen LogP contribution is -2.35. The second-order valence-electron chi connectivity index (χ2n) is 4.81. The van der Waals surface area contributed by atoms with Gasteiger partial charge in [0.1, 0.15) is 25.0 Å². The molecule has 0 fully saturated rings. The second kappa shape index (κ2) is 8.34. The summed E-state index contributed by atoms with van der Waals surface area (Å²) < 4.78 is 14.9. The molecule has 2 aromatic rings. The van der Waals surface area contributed by atoms with Crippen LogP contribution in [0.15, 0.2) is 43.5 Å². The Morgan fingerprint density at radius 1 is 1.24 bits per heavy atom. The first kappa shape index (κ1) is 17.8. The van der Waals surface area contributed by atoms with Gasteiger partial charge in [-0.1, -0.05) is 6.58 Å². The molecule has 1 heterocycles. The average Bonchev–Trinajstić information content (AvgIpc) is 3.09. The van der Waals surface area contributed by atoms with E-state index in [1.54, 1.807) is 0 Å². The predicted octanol–water partition coefficient (Wildman–Crippen LogP) is 0.297. The van der Waals surface area contributed by atoms with Crippen LogP contribution in [0.5, 0.6) is 0 Å². The van der Waals surface area contributed by atoms with E-state index in [1.165, 1.54) is 29.5 Å². The number of hydrogen-bond acceptors (Lipinski definition) is 5. The number of nitrogens with one attached hydrogen (secondary N) is 3. The average molecular weight is 346 g/mol. The van der Waals surface area contributed by atoms with Gasteiger partial charge in [-0.25, -0.2) is 14.1 Å². The van der Waals surface area contributed by atoms with Gasteiger partial charge in [0.2, 0.25) is 17.7 Å². The quantitative estimate of drug-likeness (QED) is 0.623. The summed E-state index contributed by atoms with van der Waals surface area (Å²) in [6, 6.07) is 3.68. The number of hydrogen-bond donors (Lipinski definition) is 3. The second-order valence-corrected chi connectivity index (χ2v) is 4.81. The molecule has 3 N–H and O–H groups in total. The molecule has 25 heavy (non-hydrogen) atoms. The van der Waals surface area contributed by atoms with Crippen LogP contribution in [0, 0.1) is 5.82 Å². The van der Waals surface area contributed by atoms with E-state index in [2.05, 4.69) is 32.6 Å². The number of anilines is 2. The van der Waals surface area contributed by atoms with Crippen molar-refractivity contribution in [3.63, 3.8) is 0 Å². The Bertz CT molecular complexity index is 791. The van der Waals surface area contributed by atoms with Crippen LogP contribution >= 0.6 is 0 Å². The smallest absolute Gasteiger partial charge is 0.247 e. The molecule has 9 nitrogen and oxygen atoms in total. The Labute approximate surface area is 141 Å². The van der Waals surface area contributed by atoms with Gasteiger partial charge in [0, 0.05) is 5.69 Å². The van der Waals surface area contributed by atoms with Crippen LogP contribution in [0.1, 0.15) is 0 Å². The summed E-state index contributed by atoms with van der Waals surface area (Å²) in [5, 5.41) is 10.9. The van der Waals surface area contributed by atoms with Crippen LogP contribution < -0.4 is 16.0 Å². The Balaban J connectivity index is 1.87. The monoisotopic (exact) mass is 346 g/mol. The lowest BCUT2D eigenvalue weighted by molar-refractivity contribution is -0.124. The summed E-state index contributed by atoms with van der Waals surface area (Å²) in [4.78, 5) is 38.4. The van der Waals surface area contributed by atoms with Crippen LogP contribution in [-0.2, 0) is 20.9 Å². The molecule has 0 aliphatic carbocycles. The van der Waals surface area contributed by atoms with E-state index in [1.807, 2.05) is 0 Å². The summed E-state index contributed by atoms with van der Waals surface area (Å²) in [5.74, 6) is -2.17. The Morgan fingerprint density at radius 2 is 2.04 bits per heavy atom. The number of benzene rings is 1. The van der Waals surface area contributed by atoms with E-state index in [-0.39, 0.29) is 24.5 Å². The van der Waals surface area contributed by atoms with Gasteiger partial charge in [-0.2, -0.15) is 5.10 Å². The fourth-order valence-electron chi connectivity index (χ4n) is 1.78. The maximum Gasteiger partial charge on any atom is 0.247 e. The minimum Gasteiger partial charge on any atom is -0.345 e. The van der Waals surface area contributed by atoms with E-state index < -0.39 is 23.5 Å². The molecule has 10 heteroatoms. The van der Waals surface area contributed by atoms with Crippen molar-refractivity contribution in [3.05, 3.63) is 49.3 Å². The first-order valence-electron chi connectivity index (χ1n) is 7.10. The zero-order chi connectivity index (χ0) is 18.2. The zero-order valence-electron chi connectivity index (χ0n) is 13.0. The van der Waals surface area contributed by atoms with E-state index in [0.29, 0.717) is 0 Å².